The Hall–Kier alpha value is -1.14. The minimum absolute atomic E-state index is 0.000172. The largest absolute Gasteiger partial charge is 0.461 e. The van der Waals surface area contributed by atoms with Gasteiger partial charge in [-0.2, -0.15) is 15.0 Å². The van der Waals surface area contributed by atoms with Crippen LogP contribution < -0.4 is 10.1 Å². The molecule has 0 saturated heterocycles. The summed E-state index contributed by atoms with van der Waals surface area (Å²) in [7, 11) is 0. The van der Waals surface area contributed by atoms with Gasteiger partial charge in [-0.3, -0.25) is 0 Å². The molecule has 0 aliphatic heterocycles. The maximum Gasteiger partial charge on any atom is 0.322 e. The summed E-state index contributed by atoms with van der Waals surface area (Å²) >= 11 is 5.76. The molecule has 0 spiro atoms. The first-order valence-electron chi connectivity index (χ1n) is 5.50. The van der Waals surface area contributed by atoms with Gasteiger partial charge in [-0.1, -0.05) is 6.92 Å². The van der Waals surface area contributed by atoms with Crippen LogP contribution in [0, 0.1) is 0 Å². The van der Waals surface area contributed by atoms with E-state index in [-0.39, 0.29) is 30.0 Å². The number of halogens is 1. The molecule has 1 aromatic heterocycles. The van der Waals surface area contributed by atoms with Gasteiger partial charge in [0.2, 0.25) is 11.2 Å². The van der Waals surface area contributed by atoms with E-state index >= 15 is 0 Å². The van der Waals surface area contributed by atoms with Crippen molar-refractivity contribution in [1.82, 2.24) is 15.0 Å². The van der Waals surface area contributed by atoms with E-state index in [9.17, 15) is 0 Å². The molecule has 1 unspecified atom stereocenters. The molecular weight excluding hydrogens is 244 g/mol. The molecule has 6 nitrogen and oxygen atoms in total. The number of nitrogens with one attached hydrogen (secondary N) is 1. The van der Waals surface area contributed by atoms with Crippen molar-refractivity contribution in [1.29, 1.82) is 0 Å². The lowest BCUT2D eigenvalue weighted by Gasteiger charge is -2.14. The van der Waals surface area contributed by atoms with Crippen LogP contribution in [0.15, 0.2) is 0 Å². The van der Waals surface area contributed by atoms with E-state index in [1.165, 1.54) is 0 Å². The summed E-state index contributed by atoms with van der Waals surface area (Å²) in [4.78, 5) is 11.8. The highest BCUT2D eigenvalue weighted by molar-refractivity contribution is 6.28. The number of aromatic nitrogens is 3. The topological polar surface area (TPSA) is 80.2 Å². The molecule has 1 atom stereocenters. The third kappa shape index (κ3) is 4.70. The van der Waals surface area contributed by atoms with E-state index < -0.39 is 0 Å². The van der Waals surface area contributed by atoms with Crippen molar-refractivity contribution in [2.75, 3.05) is 11.9 Å². The lowest BCUT2D eigenvalue weighted by atomic mass is 10.2. The van der Waals surface area contributed by atoms with Crippen LogP contribution in [0.5, 0.6) is 6.01 Å². The summed E-state index contributed by atoms with van der Waals surface area (Å²) in [5.41, 5.74) is 0. The van der Waals surface area contributed by atoms with Gasteiger partial charge >= 0.3 is 6.01 Å². The molecule has 96 valence electrons. The zero-order valence-corrected chi connectivity index (χ0v) is 10.9. The molecule has 0 aliphatic rings. The fourth-order valence-electron chi connectivity index (χ4n) is 1.12. The average Bonchev–Trinajstić information content (AvgIpc) is 2.24. The van der Waals surface area contributed by atoms with E-state index in [0.717, 1.165) is 6.42 Å². The Morgan fingerprint density at radius 3 is 2.59 bits per heavy atom. The molecule has 17 heavy (non-hydrogen) atoms. The van der Waals surface area contributed by atoms with Crippen molar-refractivity contribution in [3.05, 3.63) is 5.28 Å². The zero-order valence-electron chi connectivity index (χ0n) is 10.1. The Morgan fingerprint density at radius 1 is 1.35 bits per heavy atom. The highest BCUT2D eigenvalue weighted by atomic mass is 35.5. The molecule has 0 aliphatic carbocycles. The first kappa shape index (κ1) is 13.9. The second-order valence-corrected chi connectivity index (χ2v) is 4.15. The standard InChI is InChI=1S/C10H17ClN4O2/c1-4-7(5-16)12-9-13-8(11)14-10(15-9)17-6(2)3/h6-7,16H,4-5H2,1-3H3,(H,12,13,14,15). The molecule has 0 aromatic carbocycles. The van der Waals surface area contributed by atoms with Gasteiger partial charge in [-0.15, -0.1) is 0 Å². The fourth-order valence-corrected chi connectivity index (χ4v) is 1.27. The Bertz CT molecular complexity index is 358. The van der Waals surface area contributed by atoms with Gasteiger partial charge in [0.05, 0.1) is 18.8 Å². The first-order valence-corrected chi connectivity index (χ1v) is 5.88. The van der Waals surface area contributed by atoms with Crippen LogP contribution in [0.25, 0.3) is 0 Å². The van der Waals surface area contributed by atoms with Gasteiger partial charge in [0.1, 0.15) is 0 Å². The van der Waals surface area contributed by atoms with Crippen LogP contribution in [0.4, 0.5) is 5.95 Å². The van der Waals surface area contributed by atoms with Crippen molar-refractivity contribution in [2.45, 2.75) is 39.3 Å². The Balaban J connectivity index is 2.81. The second-order valence-electron chi connectivity index (χ2n) is 3.81. The molecule has 0 bridgehead atoms. The molecule has 0 saturated carbocycles. The minimum Gasteiger partial charge on any atom is -0.461 e. The van der Waals surface area contributed by atoms with E-state index in [1.54, 1.807) is 0 Å². The van der Waals surface area contributed by atoms with Crippen molar-refractivity contribution in [3.63, 3.8) is 0 Å². The molecule has 0 fully saturated rings. The third-order valence-electron chi connectivity index (χ3n) is 1.98. The van der Waals surface area contributed by atoms with Crippen molar-refractivity contribution >= 4 is 17.5 Å². The van der Waals surface area contributed by atoms with Crippen molar-refractivity contribution < 1.29 is 9.84 Å². The number of nitrogens with zero attached hydrogens (tertiary/aromatic N) is 3. The van der Waals surface area contributed by atoms with Gasteiger partial charge in [0.15, 0.2) is 0 Å². The van der Waals surface area contributed by atoms with Crippen LogP contribution in [0.3, 0.4) is 0 Å². The van der Waals surface area contributed by atoms with Crippen LogP contribution in [0.1, 0.15) is 27.2 Å². The predicted molar refractivity (Wildman–Crippen MR) is 65.4 cm³/mol. The number of rotatable bonds is 6. The third-order valence-corrected chi connectivity index (χ3v) is 2.14. The Labute approximate surface area is 105 Å². The molecule has 0 radical (unpaired) electrons. The predicted octanol–water partition coefficient (Wildman–Crippen LogP) is 1.50. The molecule has 1 aromatic rings. The lowest BCUT2D eigenvalue weighted by Crippen LogP contribution is -2.24. The number of ether oxygens (including phenoxy) is 1. The lowest BCUT2D eigenvalue weighted by molar-refractivity contribution is 0.221. The molecule has 0 amide bonds. The second kappa shape index (κ2) is 6.56. The molecule has 1 heterocycles. The number of hydrogen-bond acceptors (Lipinski definition) is 6. The first-order chi connectivity index (χ1) is 8.05. The van der Waals surface area contributed by atoms with Gasteiger partial charge in [-0.05, 0) is 31.9 Å². The summed E-state index contributed by atoms with van der Waals surface area (Å²) < 4.78 is 5.34. The summed E-state index contributed by atoms with van der Waals surface area (Å²) in [5, 5.41) is 12.1. The summed E-state index contributed by atoms with van der Waals surface area (Å²) in [5.74, 6) is 0.307. The number of aliphatic hydroxyl groups is 1. The summed E-state index contributed by atoms with van der Waals surface area (Å²) in [6, 6.07) is 0.0654. The number of hydrogen-bond donors (Lipinski definition) is 2. The van der Waals surface area contributed by atoms with Crippen LogP contribution in [0.2, 0.25) is 5.28 Å². The Kier molecular flexibility index (Phi) is 5.37. The molecule has 7 heteroatoms. The number of anilines is 1. The molecule has 1 rings (SSSR count). The average molecular weight is 261 g/mol. The van der Waals surface area contributed by atoms with Gasteiger partial charge in [0, 0.05) is 0 Å². The SMILES string of the molecule is CCC(CO)Nc1nc(Cl)nc(OC(C)C)n1. The summed E-state index contributed by atoms with van der Waals surface area (Å²) in [6.07, 6.45) is 0.710. The van der Waals surface area contributed by atoms with Crippen molar-refractivity contribution in [2.24, 2.45) is 0 Å². The summed E-state index contributed by atoms with van der Waals surface area (Å²) in [6.45, 7) is 5.68. The van der Waals surface area contributed by atoms with E-state index in [2.05, 4.69) is 20.3 Å². The highest BCUT2D eigenvalue weighted by Crippen LogP contribution is 2.13. The van der Waals surface area contributed by atoms with Crippen molar-refractivity contribution in [3.8, 4) is 6.01 Å². The smallest absolute Gasteiger partial charge is 0.322 e. The maximum absolute atomic E-state index is 9.07. The Morgan fingerprint density at radius 2 is 2.06 bits per heavy atom. The van der Waals surface area contributed by atoms with Gasteiger partial charge in [-0.25, -0.2) is 0 Å². The van der Waals surface area contributed by atoms with Gasteiger partial charge in [0.25, 0.3) is 0 Å². The van der Waals surface area contributed by atoms with Crippen LogP contribution in [-0.4, -0.2) is 38.8 Å². The van der Waals surface area contributed by atoms with Crippen LogP contribution >= 0.6 is 11.6 Å². The number of aliphatic hydroxyl groups excluding tert-OH is 1. The van der Waals surface area contributed by atoms with E-state index in [4.69, 9.17) is 21.4 Å². The maximum atomic E-state index is 9.07. The van der Waals surface area contributed by atoms with Gasteiger partial charge < -0.3 is 15.2 Å². The highest BCUT2D eigenvalue weighted by Gasteiger charge is 2.11. The zero-order chi connectivity index (χ0) is 12.8. The molecule has 2 N–H and O–H groups in total. The monoisotopic (exact) mass is 260 g/mol. The van der Waals surface area contributed by atoms with Crippen LogP contribution in [-0.2, 0) is 0 Å². The van der Waals surface area contributed by atoms with E-state index in [0.29, 0.717) is 5.95 Å². The normalized spacial score (nSPS) is 12.6. The molecular formula is C10H17ClN4O2. The minimum atomic E-state index is -0.111. The van der Waals surface area contributed by atoms with E-state index in [1.807, 2.05) is 20.8 Å². The quantitative estimate of drug-likeness (QED) is 0.807. The fraction of sp³-hybridized carbons (Fsp3) is 0.700.